The fourth-order valence-electron chi connectivity index (χ4n) is 1.77. The summed E-state index contributed by atoms with van der Waals surface area (Å²) in [6, 6.07) is 9.14. The molecule has 2 rings (SSSR count). The van der Waals surface area contributed by atoms with Gasteiger partial charge >= 0.3 is 5.97 Å². The van der Waals surface area contributed by atoms with E-state index in [1.54, 1.807) is 0 Å². The molecule has 0 bridgehead atoms. The molecule has 92 valence electrons. The number of anilines is 1. The van der Waals surface area contributed by atoms with E-state index in [0.29, 0.717) is 13.0 Å². The van der Waals surface area contributed by atoms with Crippen LogP contribution in [0.5, 0.6) is 0 Å². The highest BCUT2D eigenvalue weighted by Gasteiger charge is 2.37. The highest BCUT2D eigenvalue weighted by Crippen LogP contribution is 2.24. The number of hydrogen-bond acceptors (Lipinski definition) is 2. The fourth-order valence-corrected chi connectivity index (χ4v) is 1.77. The normalized spacial score (nSPS) is 18.6. The third-order valence-corrected chi connectivity index (χ3v) is 2.57. The molecule has 17 heavy (non-hydrogen) atoms. The van der Waals surface area contributed by atoms with Crippen LogP contribution in [0.2, 0.25) is 0 Å². The number of hydrogen-bond donors (Lipinski definition) is 1. The minimum absolute atomic E-state index is 0.311. The van der Waals surface area contributed by atoms with Crippen LogP contribution in [0, 0.1) is 5.92 Å². The molecule has 0 saturated carbocycles. The molecule has 1 N–H and O–H groups in total. The zero-order valence-electron chi connectivity index (χ0n) is 10.1. The van der Waals surface area contributed by atoms with E-state index in [1.165, 1.54) is 4.90 Å². The Balaban J connectivity index is 0.000000686. The lowest BCUT2D eigenvalue weighted by Crippen LogP contribution is -2.29. The van der Waals surface area contributed by atoms with Gasteiger partial charge in [-0.05, 0) is 18.6 Å². The summed E-state index contributed by atoms with van der Waals surface area (Å²) in [6.07, 6.45) is 0.392. The molecular formula is C13H17NO3. The van der Waals surface area contributed by atoms with Crippen molar-refractivity contribution in [1.82, 2.24) is 0 Å². The number of nitrogens with zero attached hydrogens (tertiary/aromatic N) is 1. The highest BCUT2D eigenvalue weighted by molar-refractivity contribution is 6.07. The first kappa shape index (κ1) is 13.2. The minimum atomic E-state index is -1.03. The van der Waals surface area contributed by atoms with Gasteiger partial charge in [-0.2, -0.15) is 0 Å². The van der Waals surface area contributed by atoms with Gasteiger partial charge < -0.3 is 10.0 Å². The van der Waals surface area contributed by atoms with E-state index in [2.05, 4.69) is 0 Å². The number of carbonyl (C=O) groups excluding carboxylic acids is 1. The first-order valence-corrected chi connectivity index (χ1v) is 5.79. The molecule has 1 atom stereocenters. The quantitative estimate of drug-likeness (QED) is 0.799. The number of para-hydroxylation sites is 1. The smallest absolute Gasteiger partial charge is 0.316 e. The van der Waals surface area contributed by atoms with Gasteiger partial charge in [0.1, 0.15) is 5.92 Å². The summed E-state index contributed by atoms with van der Waals surface area (Å²) in [7, 11) is 0. The zero-order valence-corrected chi connectivity index (χ0v) is 10.1. The van der Waals surface area contributed by atoms with Crippen LogP contribution in [-0.4, -0.2) is 23.5 Å². The molecule has 1 aliphatic rings. The molecule has 1 unspecified atom stereocenters. The first-order valence-electron chi connectivity index (χ1n) is 5.79. The number of rotatable bonds is 2. The van der Waals surface area contributed by atoms with Gasteiger partial charge in [-0.1, -0.05) is 32.0 Å². The largest absolute Gasteiger partial charge is 0.481 e. The molecular weight excluding hydrogens is 218 g/mol. The standard InChI is InChI=1S/C11H11NO3.C2H6/c13-10-9(11(14)15)6-7-12(10)8-4-2-1-3-5-8;1-2/h1-5,9H,6-7H2,(H,14,15);1-2H3. The lowest BCUT2D eigenvalue weighted by Gasteiger charge is -2.15. The minimum Gasteiger partial charge on any atom is -0.481 e. The van der Waals surface area contributed by atoms with E-state index in [4.69, 9.17) is 5.11 Å². The van der Waals surface area contributed by atoms with Gasteiger partial charge in [-0.3, -0.25) is 9.59 Å². The van der Waals surface area contributed by atoms with Crippen LogP contribution in [0.1, 0.15) is 20.3 Å². The summed E-state index contributed by atoms with van der Waals surface area (Å²) in [5.74, 6) is -2.21. The molecule has 4 heteroatoms. The number of carboxylic acids is 1. The topological polar surface area (TPSA) is 57.6 Å². The van der Waals surface area contributed by atoms with Crippen molar-refractivity contribution < 1.29 is 14.7 Å². The molecule has 1 saturated heterocycles. The van der Waals surface area contributed by atoms with Crippen molar-refractivity contribution in [2.24, 2.45) is 5.92 Å². The van der Waals surface area contributed by atoms with Gasteiger partial charge in [0.2, 0.25) is 5.91 Å². The van der Waals surface area contributed by atoms with Gasteiger partial charge in [0, 0.05) is 12.2 Å². The number of aliphatic carboxylic acids is 1. The van der Waals surface area contributed by atoms with E-state index >= 15 is 0 Å². The van der Waals surface area contributed by atoms with Crippen LogP contribution >= 0.6 is 0 Å². The van der Waals surface area contributed by atoms with Crippen molar-refractivity contribution in [2.75, 3.05) is 11.4 Å². The van der Waals surface area contributed by atoms with Crippen LogP contribution in [0.25, 0.3) is 0 Å². The lowest BCUT2D eigenvalue weighted by atomic mass is 10.1. The summed E-state index contributed by atoms with van der Waals surface area (Å²) in [5, 5.41) is 8.80. The summed E-state index contributed by atoms with van der Waals surface area (Å²) in [4.78, 5) is 24.0. The van der Waals surface area contributed by atoms with Gasteiger partial charge in [0.15, 0.2) is 0 Å². The summed E-state index contributed by atoms with van der Waals surface area (Å²) >= 11 is 0. The van der Waals surface area contributed by atoms with Gasteiger partial charge in [-0.25, -0.2) is 0 Å². The lowest BCUT2D eigenvalue weighted by molar-refractivity contribution is -0.144. The predicted octanol–water partition coefficient (Wildman–Crippen LogP) is 2.15. The van der Waals surface area contributed by atoms with Gasteiger partial charge in [0.25, 0.3) is 0 Å². The third kappa shape index (κ3) is 2.84. The van der Waals surface area contributed by atoms with E-state index in [9.17, 15) is 9.59 Å². The molecule has 1 heterocycles. The van der Waals surface area contributed by atoms with Crippen LogP contribution in [0.15, 0.2) is 30.3 Å². The third-order valence-electron chi connectivity index (χ3n) is 2.57. The summed E-state index contributed by atoms with van der Waals surface area (Å²) in [6.45, 7) is 4.49. The van der Waals surface area contributed by atoms with Crippen molar-refractivity contribution in [1.29, 1.82) is 0 Å². The zero-order chi connectivity index (χ0) is 12.8. The summed E-state index contributed by atoms with van der Waals surface area (Å²) < 4.78 is 0. The Labute approximate surface area is 101 Å². The van der Waals surface area contributed by atoms with E-state index < -0.39 is 11.9 Å². The molecule has 1 aromatic carbocycles. The molecule has 1 amide bonds. The second-order valence-electron chi connectivity index (χ2n) is 3.50. The van der Waals surface area contributed by atoms with Crippen LogP contribution in [0.3, 0.4) is 0 Å². The average Bonchev–Trinajstić information content (AvgIpc) is 2.75. The van der Waals surface area contributed by atoms with E-state index in [-0.39, 0.29) is 5.91 Å². The Kier molecular flexibility index (Phi) is 4.69. The Morgan fingerprint density at radius 3 is 2.35 bits per heavy atom. The van der Waals surface area contributed by atoms with Crippen molar-refractivity contribution >= 4 is 17.6 Å². The Morgan fingerprint density at radius 2 is 1.88 bits per heavy atom. The second-order valence-corrected chi connectivity index (χ2v) is 3.50. The molecule has 0 spiro atoms. The maximum absolute atomic E-state index is 11.7. The van der Waals surface area contributed by atoms with Crippen molar-refractivity contribution in [3.8, 4) is 0 Å². The van der Waals surface area contributed by atoms with Gasteiger partial charge in [-0.15, -0.1) is 0 Å². The number of carbonyl (C=O) groups is 2. The van der Waals surface area contributed by atoms with Crippen molar-refractivity contribution in [2.45, 2.75) is 20.3 Å². The van der Waals surface area contributed by atoms with Crippen LogP contribution < -0.4 is 4.90 Å². The average molecular weight is 235 g/mol. The molecule has 1 fully saturated rings. The Morgan fingerprint density at radius 1 is 1.29 bits per heavy atom. The molecule has 4 nitrogen and oxygen atoms in total. The monoisotopic (exact) mass is 235 g/mol. The number of benzene rings is 1. The van der Waals surface area contributed by atoms with E-state index in [0.717, 1.165) is 5.69 Å². The summed E-state index contributed by atoms with van der Waals surface area (Å²) in [5.41, 5.74) is 0.770. The highest BCUT2D eigenvalue weighted by atomic mass is 16.4. The van der Waals surface area contributed by atoms with Gasteiger partial charge in [0.05, 0.1) is 0 Å². The first-order chi connectivity index (χ1) is 8.20. The second kappa shape index (κ2) is 6.03. The maximum atomic E-state index is 11.7. The molecule has 0 aromatic heterocycles. The Hall–Kier alpha value is -1.84. The van der Waals surface area contributed by atoms with E-state index in [1.807, 2.05) is 44.2 Å². The maximum Gasteiger partial charge on any atom is 0.316 e. The predicted molar refractivity (Wildman–Crippen MR) is 65.9 cm³/mol. The number of amides is 1. The Bertz CT molecular complexity index is 389. The SMILES string of the molecule is CC.O=C(O)C1CCN(c2ccccc2)C1=O. The van der Waals surface area contributed by atoms with Crippen molar-refractivity contribution in [3.63, 3.8) is 0 Å². The molecule has 1 aromatic rings. The molecule has 0 aliphatic carbocycles. The molecule has 0 radical (unpaired) electrons. The van der Waals surface area contributed by atoms with Crippen LogP contribution in [-0.2, 0) is 9.59 Å². The molecule has 1 aliphatic heterocycles. The van der Waals surface area contributed by atoms with Crippen molar-refractivity contribution in [3.05, 3.63) is 30.3 Å². The number of carboxylic acid groups (broad SMARTS) is 1. The fraction of sp³-hybridized carbons (Fsp3) is 0.385. The van der Waals surface area contributed by atoms with Crippen LogP contribution in [0.4, 0.5) is 5.69 Å².